The molecule has 3 fully saturated rings. The molecule has 144 valence electrons. The molecule has 3 saturated heterocycles. The van der Waals surface area contributed by atoms with Gasteiger partial charge in [-0.05, 0) is 53.6 Å². The number of nitrogens with two attached hydrogens (primary N) is 1. The fourth-order valence-electron chi connectivity index (χ4n) is 3.60. The quantitative estimate of drug-likeness (QED) is 0.750. The van der Waals surface area contributed by atoms with Crippen LogP contribution in [0.25, 0.3) is 0 Å². The molecular weight excluding hydrogens is 328 g/mol. The first-order valence-electron chi connectivity index (χ1n) is 9.05. The molecule has 0 aromatic rings. The van der Waals surface area contributed by atoms with Crippen molar-refractivity contribution in [3.05, 3.63) is 0 Å². The van der Waals surface area contributed by atoms with Crippen molar-refractivity contribution >= 4 is 6.16 Å². The molecule has 0 unspecified atom stereocenters. The van der Waals surface area contributed by atoms with E-state index in [2.05, 4.69) is 11.8 Å². The van der Waals surface area contributed by atoms with E-state index in [1.54, 1.807) is 6.92 Å². The summed E-state index contributed by atoms with van der Waals surface area (Å²) in [6.45, 7) is 10.1. The standard InChI is InChI=1S/C17H30N2O6/c1-5-21-15(20)23-12-11(10-19-8-6-17(4,18)7-9-19)22-14-13(12)24-16(2,3)25-14/h11-14H,5-10,18H2,1-4H3/t11-,12+,13-,14-/m1/s1. The molecule has 25 heavy (non-hydrogen) atoms. The molecule has 0 radical (unpaired) electrons. The average Bonchev–Trinajstić information content (AvgIpc) is 2.95. The van der Waals surface area contributed by atoms with Crippen LogP contribution in [0.3, 0.4) is 0 Å². The highest BCUT2D eigenvalue weighted by Gasteiger charge is 2.57. The van der Waals surface area contributed by atoms with Gasteiger partial charge in [0, 0.05) is 12.1 Å². The maximum Gasteiger partial charge on any atom is 0.508 e. The summed E-state index contributed by atoms with van der Waals surface area (Å²) in [6, 6.07) is 0. The second kappa shape index (κ2) is 7.00. The van der Waals surface area contributed by atoms with E-state index < -0.39 is 30.4 Å². The molecule has 8 nitrogen and oxygen atoms in total. The van der Waals surface area contributed by atoms with Crippen molar-refractivity contribution < 1.29 is 28.5 Å². The Kier molecular flexibility index (Phi) is 5.28. The average molecular weight is 358 g/mol. The Morgan fingerprint density at radius 2 is 1.92 bits per heavy atom. The van der Waals surface area contributed by atoms with Crippen molar-refractivity contribution in [3.63, 3.8) is 0 Å². The summed E-state index contributed by atoms with van der Waals surface area (Å²) in [5, 5.41) is 0. The molecule has 3 heterocycles. The third-order valence-corrected chi connectivity index (χ3v) is 5.02. The Bertz CT molecular complexity index is 488. The van der Waals surface area contributed by atoms with E-state index in [9.17, 15) is 4.79 Å². The molecule has 3 rings (SSSR count). The van der Waals surface area contributed by atoms with Crippen LogP contribution in [0.5, 0.6) is 0 Å². The smallest absolute Gasteiger partial charge is 0.435 e. The molecule has 0 amide bonds. The molecule has 0 aromatic carbocycles. The van der Waals surface area contributed by atoms with Gasteiger partial charge in [0.15, 0.2) is 24.3 Å². The van der Waals surface area contributed by atoms with Crippen LogP contribution in [0.4, 0.5) is 4.79 Å². The monoisotopic (exact) mass is 358 g/mol. The van der Waals surface area contributed by atoms with Crippen molar-refractivity contribution in [1.29, 1.82) is 0 Å². The minimum Gasteiger partial charge on any atom is -0.435 e. The van der Waals surface area contributed by atoms with Crippen molar-refractivity contribution in [2.75, 3.05) is 26.2 Å². The van der Waals surface area contributed by atoms with Crippen molar-refractivity contribution in [2.24, 2.45) is 5.73 Å². The molecule has 4 atom stereocenters. The van der Waals surface area contributed by atoms with E-state index in [4.69, 9.17) is 29.4 Å². The summed E-state index contributed by atoms with van der Waals surface area (Å²) < 4.78 is 28.1. The predicted molar refractivity (Wildman–Crippen MR) is 88.9 cm³/mol. The number of carbonyl (C=O) groups is 1. The Morgan fingerprint density at radius 3 is 2.56 bits per heavy atom. The van der Waals surface area contributed by atoms with Crippen LogP contribution in [-0.4, -0.2) is 73.2 Å². The minimum atomic E-state index is -0.761. The van der Waals surface area contributed by atoms with Gasteiger partial charge in [-0.3, -0.25) is 0 Å². The molecule has 8 heteroatoms. The summed E-state index contributed by atoms with van der Waals surface area (Å²) in [7, 11) is 0. The van der Waals surface area contributed by atoms with Crippen molar-refractivity contribution in [2.45, 2.75) is 76.5 Å². The van der Waals surface area contributed by atoms with Crippen molar-refractivity contribution in [1.82, 2.24) is 4.90 Å². The lowest BCUT2D eigenvalue weighted by Crippen LogP contribution is -2.51. The lowest BCUT2D eigenvalue weighted by Gasteiger charge is -2.38. The number of hydrogen-bond donors (Lipinski definition) is 1. The number of likely N-dealkylation sites (tertiary alicyclic amines) is 1. The first-order valence-corrected chi connectivity index (χ1v) is 9.05. The highest BCUT2D eigenvalue weighted by Crippen LogP contribution is 2.39. The van der Waals surface area contributed by atoms with Gasteiger partial charge in [-0.15, -0.1) is 0 Å². The minimum absolute atomic E-state index is 0.110. The van der Waals surface area contributed by atoms with Crippen LogP contribution in [0.15, 0.2) is 0 Å². The second-order valence-corrected chi connectivity index (χ2v) is 7.86. The summed E-state index contributed by atoms with van der Waals surface area (Å²) in [4.78, 5) is 14.1. The molecule has 3 aliphatic heterocycles. The number of nitrogens with zero attached hydrogens (tertiary/aromatic N) is 1. The normalized spacial score (nSPS) is 36.8. The zero-order chi connectivity index (χ0) is 18.2. The van der Waals surface area contributed by atoms with Gasteiger partial charge in [-0.2, -0.15) is 0 Å². The highest BCUT2D eigenvalue weighted by molar-refractivity contribution is 5.60. The Balaban J connectivity index is 1.64. The fraction of sp³-hybridized carbons (Fsp3) is 0.941. The van der Waals surface area contributed by atoms with E-state index in [0.29, 0.717) is 6.54 Å². The highest BCUT2D eigenvalue weighted by atomic mass is 16.8. The van der Waals surface area contributed by atoms with E-state index in [-0.39, 0.29) is 18.2 Å². The van der Waals surface area contributed by atoms with E-state index in [1.165, 1.54) is 0 Å². The van der Waals surface area contributed by atoms with Crippen molar-refractivity contribution in [3.8, 4) is 0 Å². The van der Waals surface area contributed by atoms with Crippen LogP contribution >= 0.6 is 0 Å². The van der Waals surface area contributed by atoms with Gasteiger partial charge in [-0.1, -0.05) is 0 Å². The molecule has 0 bridgehead atoms. The Labute approximate surface area is 148 Å². The zero-order valence-electron chi connectivity index (χ0n) is 15.5. The van der Waals surface area contributed by atoms with Gasteiger partial charge in [0.1, 0.15) is 6.10 Å². The lowest BCUT2D eigenvalue weighted by molar-refractivity contribution is -0.217. The first kappa shape index (κ1) is 18.8. The third-order valence-electron chi connectivity index (χ3n) is 5.02. The molecule has 0 spiro atoms. The number of carbonyl (C=O) groups excluding carboxylic acids is 1. The topological polar surface area (TPSA) is 92.5 Å². The fourth-order valence-corrected chi connectivity index (χ4v) is 3.60. The largest absolute Gasteiger partial charge is 0.508 e. The zero-order valence-corrected chi connectivity index (χ0v) is 15.5. The first-order chi connectivity index (χ1) is 11.7. The Morgan fingerprint density at radius 1 is 1.24 bits per heavy atom. The lowest BCUT2D eigenvalue weighted by atomic mass is 9.91. The van der Waals surface area contributed by atoms with E-state index >= 15 is 0 Å². The molecule has 0 saturated carbocycles. The van der Waals surface area contributed by atoms with Gasteiger partial charge in [0.25, 0.3) is 0 Å². The van der Waals surface area contributed by atoms with Gasteiger partial charge in [0.2, 0.25) is 0 Å². The summed E-state index contributed by atoms with van der Waals surface area (Å²) in [5.74, 6) is -0.761. The summed E-state index contributed by atoms with van der Waals surface area (Å²) in [5.41, 5.74) is 6.09. The molecular formula is C17H30N2O6. The molecule has 0 aromatic heterocycles. The van der Waals surface area contributed by atoms with E-state index in [1.807, 2.05) is 13.8 Å². The predicted octanol–water partition coefficient (Wildman–Crippen LogP) is 1.22. The van der Waals surface area contributed by atoms with E-state index in [0.717, 1.165) is 25.9 Å². The van der Waals surface area contributed by atoms with Gasteiger partial charge in [-0.25, -0.2) is 4.79 Å². The molecule has 0 aliphatic carbocycles. The maximum atomic E-state index is 11.8. The van der Waals surface area contributed by atoms with Crippen LogP contribution < -0.4 is 5.73 Å². The number of ether oxygens (including phenoxy) is 5. The molecule has 3 aliphatic rings. The van der Waals surface area contributed by atoms with Gasteiger partial charge < -0.3 is 34.3 Å². The van der Waals surface area contributed by atoms with Gasteiger partial charge in [0.05, 0.1) is 6.61 Å². The number of fused-ring (bicyclic) bond motifs is 1. The van der Waals surface area contributed by atoms with Crippen LogP contribution in [0.2, 0.25) is 0 Å². The summed E-state index contributed by atoms with van der Waals surface area (Å²) in [6.07, 6.45) is -0.720. The number of piperidine rings is 1. The third kappa shape index (κ3) is 4.43. The van der Waals surface area contributed by atoms with Crippen LogP contribution in [0, 0.1) is 0 Å². The van der Waals surface area contributed by atoms with Crippen LogP contribution in [-0.2, 0) is 23.7 Å². The Hall–Kier alpha value is -0.930. The maximum absolute atomic E-state index is 11.8. The number of rotatable bonds is 4. The van der Waals surface area contributed by atoms with Crippen LogP contribution in [0.1, 0.15) is 40.5 Å². The number of hydrogen-bond acceptors (Lipinski definition) is 8. The molecule has 2 N–H and O–H groups in total. The second-order valence-electron chi connectivity index (χ2n) is 7.86. The van der Waals surface area contributed by atoms with Gasteiger partial charge >= 0.3 is 6.16 Å². The SMILES string of the molecule is CCOC(=O)O[C@@H]1[C@H]2OC(C)(C)O[C@H]2O[C@@H]1CN1CCC(C)(N)CC1. The summed E-state index contributed by atoms with van der Waals surface area (Å²) >= 11 is 0.